The van der Waals surface area contributed by atoms with Crippen molar-refractivity contribution in [2.45, 2.75) is 25.6 Å². The zero-order chi connectivity index (χ0) is 14.6. The van der Waals surface area contributed by atoms with Gasteiger partial charge < -0.3 is 5.32 Å². The summed E-state index contributed by atoms with van der Waals surface area (Å²) in [6, 6.07) is 2.16. The topological polar surface area (TPSA) is 29.1 Å². The van der Waals surface area contributed by atoms with Crippen LogP contribution in [0.25, 0.3) is 0 Å². The van der Waals surface area contributed by atoms with Gasteiger partial charge in [0.05, 0.1) is 11.1 Å². The van der Waals surface area contributed by atoms with Crippen LogP contribution in [0, 0.1) is 5.82 Å². The fourth-order valence-corrected chi connectivity index (χ4v) is 1.73. The molecular weight excluding hydrogens is 286 g/mol. The molecule has 0 aliphatic carbocycles. The van der Waals surface area contributed by atoms with Gasteiger partial charge in [-0.3, -0.25) is 4.79 Å². The molecule has 0 saturated carbocycles. The largest absolute Gasteiger partial charge is 0.419 e. The summed E-state index contributed by atoms with van der Waals surface area (Å²) in [5, 5.41) is 2.37. The number of carbonyl (C=O) groups is 1. The van der Waals surface area contributed by atoms with Crippen LogP contribution in [0.3, 0.4) is 0 Å². The van der Waals surface area contributed by atoms with Crippen molar-refractivity contribution in [2.75, 3.05) is 5.88 Å². The Morgan fingerprint density at radius 2 is 2.05 bits per heavy atom. The third kappa shape index (κ3) is 3.83. The Morgan fingerprint density at radius 3 is 2.53 bits per heavy atom. The van der Waals surface area contributed by atoms with Crippen LogP contribution in [0.5, 0.6) is 0 Å². The highest BCUT2D eigenvalue weighted by molar-refractivity contribution is 6.18. The molecule has 106 valence electrons. The van der Waals surface area contributed by atoms with Crippen molar-refractivity contribution < 1.29 is 22.4 Å². The quantitative estimate of drug-likeness (QED) is 0.668. The van der Waals surface area contributed by atoms with Crippen molar-refractivity contribution in [2.24, 2.45) is 0 Å². The molecule has 0 aliphatic rings. The maximum Gasteiger partial charge on any atom is 0.419 e. The minimum atomic E-state index is -4.84. The first kappa shape index (κ1) is 15.8. The molecule has 0 radical (unpaired) electrons. The molecule has 1 unspecified atom stereocenters. The van der Waals surface area contributed by atoms with Crippen LogP contribution >= 0.6 is 11.6 Å². The average Bonchev–Trinajstić information content (AvgIpc) is 2.34. The zero-order valence-electron chi connectivity index (χ0n) is 10.0. The Labute approximate surface area is 112 Å². The summed E-state index contributed by atoms with van der Waals surface area (Å²) in [6.45, 7) is 1.75. The molecule has 2 nitrogen and oxygen atoms in total. The number of rotatable bonds is 4. The van der Waals surface area contributed by atoms with E-state index < -0.39 is 35.1 Å². The molecule has 0 aromatic heterocycles. The molecule has 19 heavy (non-hydrogen) atoms. The van der Waals surface area contributed by atoms with Crippen molar-refractivity contribution in [3.63, 3.8) is 0 Å². The van der Waals surface area contributed by atoms with Gasteiger partial charge in [-0.1, -0.05) is 13.0 Å². The number of hydrogen-bond acceptors (Lipinski definition) is 1. The van der Waals surface area contributed by atoms with E-state index in [1.807, 2.05) is 0 Å². The Balaban J connectivity index is 3.05. The Bertz CT molecular complexity index is 458. The highest BCUT2D eigenvalue weighted by Crippen LogP contribution is 2.32. The summed E-state index contributed by atoms with van der Waals surface area (Å²) in [5.74, 6) is -2.38. The van der Waals surface area contributed by atoms with E-state index in [1.54, 1.807) is 6.92 Å². The van der Waals surface area contributed by atoms with Crippen LogP contribution in [0.1, 0.15) is 29.3 Å². The van der Waals surface area contributed by atoms with Crippen molar-refractivity contribution in [3.05, 3.63) is 35.1 Å². The van der Waals surface area contributed by atoms with Crippen molar-refractivity contribution in [1.82, 2.24) is 5.32 Å². The van der Waals surface area contributed by atoms with Gasteiger partial charge in [-0.2, -0.15) is 13.2 Å². The summed E-state index contributed by atoms with van der Waals surface area (Å²) < 4.78 is 51.1. The van der Waals surface area contributed by atoms with Gasteiger partial charge >= 0.3 is 6.18 Å². The van der Waals surface area contributed by atoms with Crippen LogP contribution in [-0.4, -0.2) is 17.8 Å². The first-order valence-corrected chi connectivity index (χ1v) is 6.07. The van der Waals surface area contributed by atoms with E-state index in [9.17, 15) is 22.4 Å². The van der Waals surface area contributed by atoms with Gasteiger partial charge in [0.15, 0.2) is 0 Å². The van der Waals surface area contributed by atoms with E-state index in [2.05, 4.69) is 5.32 Å². The number of halogens is 5. The van der Waals surface area contributed by atoms with Crippen LogP contribution < -0.4 is 5.32 Å². The molecule has 0 spiro atoms. The van der Waals surface area contributed by atoms with Gasteiger partial charge in [-0.25, -0.2) is 4.39 Å². The number of nitrogens with one attached hydrogen (secondary N) is 1. The molecule has 0 fully saturated rings. The Hall–Kier alpha value is -1.30. The van der Waals surface area contributed by atoms with E-state index in [1.165, 1.54) is 0 Å². The molecule has 0 heterocycles. The van der Waals surface area contributed by atoms with Crippen molar-refractivity contribution in [3.8, 4) is 0 Å². The highest BCUT2D eigenvalue weighted by atomic mass is 35.5. The predicted octanol–water partition coefficient (Wildman–Crippen LogP) is 3.59. The smallest absolute Gasteiger partial charge is 0.348 e. The van der Waals surface area contributed by atoms with Crippen LogP contribution in [0.2, 0.25) is 0 Å². The third-order valence-electron chi connectivity index (χ3n) is 2.56. The Kier molecular flexibility index (Phi) is 5.17. The number of carbonyl (C=O) groups excluding carboxylic acids is 1. The lowest BCUT2D eigenvalue weighted by atomic mass is 10.1. The van der Waals surface area contributed by atoms with Gasteiger partial charge in [0, 0.05) is 11.9 Å². The van der Waals surface area contributed by atoms with Crippen LogP contribution in [0.4, 0.5) is 17.6 Å². The predicted molar refractivity (Wildman–Crippen MR) is 63.7 cm³/mol. The van der Waals surface area contributed by atoms with Gasteiger partial charge in [0.25, 0.3) is 5.91 Å². The first-order valence-electron chi connectivity index (χ1n) is 5.53. The summed E-state index contributed by atoms with van der Waals surface area (Å²) in [5.41, 5.74) is -2.10. The molecule has 1 amide bonds. The lowest BCUT2D eigenvalue weighted by molar-refractivity contribution is -0.140. The van der Waals surface area contributed by atoms with Gasteiger partial charge in [-0.15, -0.1) is 11.6 Å². The normalized spacial score (nSPS) is 13.2. The number of amides is 1. The maximum absolute atomic E-state index is 13.7. The second-order valence-corrected chi connectivity index (χ2v) is 4.21. The van der Waals surface area contributed by atoms with Gasteiger partial charge in [0.2, 0.25) is 0 Å². The second-order valence-electron chi connectivity index (χ2n) is 3.90. The number of benzene rings is 1. The Morgan fingerprint density at radius 1 is 1.42 bits per heavy atom. The van der Waals surface area contributed by atoms with Crippen molar-refractivity contribution >= 4 is 17.5 Å². The molecule has 1 rings (SSSR count). The molecule has 1 atom stereocenters. The SMILES string of the molecule is CCC(CCl)NC(=O)c1cccc(C(F)(F)F)c1F. The van der Waals surface area contributed by atoms with Crippen LogP contribution in [-0.2, 0) is 6.18 Å². The molecule has 1 aromatic rings. The maximum atomic E-state index is 13.7. The van der Waals surface area contributed by atoms with E-state index in [0.717, 1.165) is 12.1 Å². The summed E-state index contributed by atoms with van der Waals surface area (Å²) in [4.78, 5) is 11.7. The van der Waals surface area contributed by atoms with E-state index >= 15 is 0 Å². The lowest BCUT2D eigenvalue weighted by Gasteiger charge is -2.15. The third-order valence-corrected chi connectivity index (χ3v) is 2.94. The number of hydrogen-bond donors (Lipinski definition) is 1. The average molecular weight is 298 g/mol. The van der Waals surface area contributed by atoms with E-state index in [-0.39, 0.29) is 5.88 Å². The molecule has 7 heteroatoms. The molecule has 1 aromatic carbocycles. The molecule has 0 saturated heterocycles. The lowest BCUT2D eigenvalue weighted by Crippen LogP contribution is -2.36. The summed E-state index contributed by atoms with van der Waals surface area (Å²) in [6.07, 6.45) is -4.34. The second kappa shape index (κ2) is 6.23. The minimum absolute atomic E-state index is 0.100. The highest BCUT2D eigenvalue weighted by Gasteiger charge is 2.35. The standard InChI is InChI=1S/C12H12ClF4NO/c1-2-7(6-13)18-11(19)8-4-3-5-9(10(8)14)12(15,16)17/h3-5,7H,2,6H2,1H3,(H,18,19). The summed E-state index contributed by atoms with van der Waals surface area (Å²) in [7, 11) is 0. The molecule has 0 bridgehead atoms. The molecular formula is C12H12ClF4NO. The molecule has 1 N–H and O–H groups in total. The minimum Gasteiger partial charge on any atom is -0.348 e. The van der Waals surface area contributed by atoms with Gasteiger partial charge in [-0.05, 0) is 18.6 Å². The van der Waals surface area contributed by atoms with Gasteiger partial charge in [0.1, 0.15) is 5.82 Å². The first-order chi connectivity index (χ1) is 8.81. The van der Waals surface area contributed by atoms with E-state index in [0.29, 0.717) is 12.5 Å². The summed E-state index contributed by atoms with van der Waals surface area (Å²) >= 11 is 5.55. The zero-order valence-corrected chi connectivity index (χ0v) is 10.8. The fourth-order valence-electron chi connectivity index (χ4n) is 1.44. The van der Waals surface area contributed by atoms with E-state index in [4.69, 9.17) is 11.6 Å². The fraction of sp³-hybridized carbons (Fsp3) is 0.417. The molecule has 0 aliphatic heterocycles. The van der Waals surface area contributed by atoms with Crippen molar-refractivity contribution in [1.29, 1.82) is 0 Å². The van der Waals surface area contributed by atoms with Crippen LogP contribution in [0.15, 0.2) is 18.2 Å². The number of alkyl halides is 4. The monoisotopic (exact) mass is 297 g/mol.